The van der Waals surface area contributed by atoms with Crippen molar-refractivity contribution in [3.05, 3.63) is 58.6 Å². The third kappa shape index (κ3) is 7.69. The van der Waals surface area contributed by atoms with Gasteiger partial charge in [-0.1, -0.05) is 44.7 Å². The predicted molar refractivity (Wildman–Crippen MR) is 119 cm³/mol. The molecule has 6 heteroatoms. The second-order valence-corrected chi connectivity index (χ2v) is 7.44. The minimum atomic E-state index is -0.261. The minimum Gasteiger partial charge on any atom is -0.494 e. The first-order valence-electron chi connectivity index (χ1n) is 9.20. The molecule has 27 heavy (non-hydrogen) atoms. The maximum atomic E-state index is 12.2. The summed E-state index contributed by atoms with van der Waals surface area (Å²) in [6.45, 7) is 2.95. The lowest BCUT2D eigenvalue weighted by molar-refractivity contribution is 0.0977. The van der Waals surface area contributed by atoms with Crippen LogP contribution in [0.4, 0.5) is 5.69 Å². The first-order valence-corrected chi connectivity index (χ1v) is 10.4. The van der Waals surface area contributed by atoms with Crippen LogP contribution >= 0.6 is 28.1 Å². The summed E-state index contributed by atoms with van der Waals surface area (Å²) in [5, 5.41) is 5.94. The summed E-state index contributed by atoms with van der Waals surface area (Å²) in [7, 11) is 0. The molecule has 0 fully saturated rings. The van der Waals surface area contributed by atoms with Crippen molar-refractivity contribution in [2.75, 3.05) is 11.9 Å². The van der Waals surface area contributed by atoms with Crippen molar-refractivity contribution >= 4 is 44.9 Å². The molecule has 0 spiro atoms. The van der Waals surface area contributed by atoms with E-state index in [2.05, 4.69) is 33.5 Å². The highest BCUT2D eigenvalue weighted by molar-refractivity contribution is 9.10. The lowest BCUT2D eigenvalue weighted by Crippen LogP contribution is -2.34. The molecule has 1 amide bonds. The monoisotopic (exact) mass is 448 g/mol. The largest absolute Gasteiger partial charge is 0.494 e. The summed E-state index contributed by atoms with van der Waals surface area (Å²) in [6, 6.07) is 14.8. The molecule has 2 aromatic carbocycles. The molecule has 0 heterocycles. The smallest absolute Gasteiger partial charge is 0.258 e. The fourth-order valence-corrected chi connectivity index (χ4v) is 3.18. The molecule has 2 rings (SSSR count). The molecule has 0 bridgehead atoms. The fourth-order valence-electron chi connectivity index (χ4n) is 2.51. The third-order valence-electron chi connectivity index (χ3n) is 3.97. The number of anilines is 1. The van der Waals surface area contributed by atoms with Gasteiger partial charge in [-0.25, -0.2) is 0 Å². The van der Waals surface area contributed by atoms with Gasteiger partial charge in [0.1, 0.15) is 5.75 Å². The molecular formula is C21H25BrN2O2S. The van der Waals surface area contributed by atoms with Gasteiger partial charge in [0.2, 0.25) is 0 Å². The van der Waals surface area contributed by atoms with Crippen molar-refractivity contribution in [2.24, 2.45) is 0 Å². The van der Waals surface area contributed by atoms with Crippen LogP contribution in [0.25, 0.3) is 0 Å². The number of ether oxygens (including phenoxy) is 1. The molecule has 2 N–H and O–H groups in total. The molecule has 0 unspecified atom stereocenters. The van der Waals surface area contributed by atoms with Crippen LogP contribution in [0.2, 0.25) is 0 Å². The van der Waals surface area contributed by atoms with E-state index in [0.29, 0.717) is 5.56 Å². The molecule has 144 valence electrons. The van der Waals surface area contributed by atoms with Crippen molar-refractivity contribution in [3.63, 3.8) is 0 Å². The Morgan fingerprint density at radius 1 is 1.04 bits per heavy atom. The van der Waals surface area contributed by atoms with Crippen molar-refractivity contribution in [2.45, 2.75) is 39.0 Å². The molecule has 0 radical (unpaired) electrons. The number of carbonyl (C=O) groups is 1. The predicted octanol–water partition coefficient (Wildman–Crippen LogP) is 5.93. The molecule has 0 aliphatic rings. The average Bonchev–Trinajstić information content (AvgIpc) is 2.66. The number of thiocarbonyl (C=S) groups is 1. The Morgan fingerprint density at radius 2 is 1.74 bits per heavy atom. The molecule has 4 nitrogen and oxygen atoms in total. The van der Waals surface area contributed by atoms with Crippen molar-refractivity contribution < 1.29 is 9.53 Å². The standard InChI is InChI=1S/C21H25BrN2O2S/c1-2-3-4-5-8-15-26-17-13-11-16(12-14-17)23-21(27)24-20(25)18-9-6-7-10-19(18)22/h6-7,9-14H,2-5,8,15H2,1H3,(H2,23,24,25,27). The van der Waals surface area contributed by atoms with Crippen molar-refractivity contribution in [1.29, 1.82) is 0 Å². The van der Waals surface area contributed by atoms with E-state index < -0.39 is 0 Å². The van der Waals surface area contributed by atoms with E-state index in [1.807, 2.05) is 36.4 Å². The SMILES string of the molecule is CCCCCCCOc1ccc(NC(=S)NC(=O)c2ccccc2Br)cc1. The van der Waals surface area contributed by atoms with Gasteiger partial charge in [-0.15, -0.1) is 0 Å². The number of hydrogen-bond acceptors (Lipinski definition) is 3. The third-order valence-corrected chi connectivity index (χ3v) is 4.87. The fraction of sp³-hybridized carbons (Fsp3) is 0.333. The Kier molecular flexibility index (Phi) is 9.28. The van der Waals surface area contributed by atoms with Gasteiger partial charge in [0.05, 0.1) is 12.2 Å². The molecule has 2 aromatic rings. The summed E-state index contributed by atoms with van der Waals surface area (Å²) in [5.41, 5.74) is 1.33. The molecule has 0 saturated heterocycles. The van der Waals surface area contributed by atoms with Gasteiger partial charge < -0.3 is 10.1 Å². The van der Waals surface area contributed by atoms with Gasteiger partial charge in [-0.2, -0.15) is 0 Å². The average molecular weight is 449 g/mol. The minimum absolute atomic E-state index is 0.250. The van der Waals surface area contributed by atoms with Gasteiger partial charge >= 0.3 is 0 Å². The van der Waals surface area contributed by atoms with Crippen LogP contribution in [-0.2, 0) is 0 Å². The van der Waals surface area contributed by atoms with Gasteiger partial charge in [0, 0.05) is 10.2 Å². The summed E-state index contributed by atoms with van der Waals surface area (Å²) < 4.78 is 6.47. The molecular weight excluding hydrogens is 424 g/mol. The molecule has 0 saturated carbocycles. The van der Waals surface area contributed by atoms with Crippen LogP contribution in [0.5, 0.6) is 5.75 Å². The lowest BCUT2D eigenvalue weighted by atomic mass is 10.2. The number of hydrogen-bond donors (Lipinski definition) is 2. The van der Waals surface area contributed by atoms with Gasteiger partial charge in [-0.3, -0.25) is 10.1 Å². The van der Waals surface area contributed by atoms with Gasteiger partial charge in [-0.05, 0) is 71.0 Å². The van der Waals surface area contributed by atoms with E-state index in [-0.39, 0.29) is 11.0 Å². The van der Waals surface area contributed by atoms with E-state index in [9.17, 15) is 4.79 Å². The molecule has 0 aliphatic heterocycles. The second kappa shape index (κ2) is 11.7. The highest BCUT2D eigenvalue weighted by Crippen LogP contribution is 2.17. The summed E-state index contributed by atoms with van der Waals surface area (Å²) in [5.74, 6) is 0.571. The van der Waals surface area contributed by atoms with Gasteiger partial charge in [0.15, 0.2) is 5.11 Å². The molecule has 0 atom stereocenters. The van der Waals surface area contributed by atoms with Crippen LogP contribution in [0.1, 0.15) is 49.4 Å². The normalized spacial score (nSPS) is 10.3. The van der Waals surface area contributed by atoms with Gasteiger partial charge in [0.25, 0.3) is 5.91 Å². The van der Waals surface area contributed by atoms with E-state index in [4.69, 9.17) is 17.0 Å². The van der Waals surface area contributed by atoms with Crippen molar-refractivity contribution in [3.8, 4) is 5.75 Å². The number of carbonyl (C=O) groups excluding carboxylic acids is 1. The first-order chi connectivity index (χ1) is 13.1. The topological polar surface area (TPSA) is 50.4 Å². The van der Waals surface area contributed by atoms with Crippen LogP contribution < -0.4 is 15.4 Å². The van der Waals surface area contributed by atoms with E-state index >= 15 is 0 Å². The van der Waals surface area contributed by atoms with E-state index in [1.165, 1.54) is 25.7 Å². The Bertz CT molecular complexity index is 750. The van der Waals surface area contributed by atoms with Crippen LogP contribution in [0, 0.1) is 0 Å². The molecule has 0 aliphatic carbocycles. The van der Waals surface area contributed by atoms with E-state index in [1.54, 1.807) is 12.1 Å². The number of halogens is 1. The molecule has 0 aromatic heterocycles. The maximum absolute atomic E-state index is 12.2. The zero-order valence-corrected chi connectivity index (χ0v) is 17.9. The number of unbranched alkanes of at least 4 members (excludes halogenated alkanes) is 4. The second-order valence-electron chi connectivity index (χ2n) is 6.18. The Hall–Kier alpha value is -1.92. The maximum Gasteiger partial charge on any atom is 0.258 e. The summed E-state index contributed by atoms with van der Waals surface area (Å²) >= 11 is 8.58. The zero-order chi connectivity index (χ0) is 19.5. The summed E-state index contributed by atoms with van der Waals surface area (Å²) in [6.07, 6.45) is 6.09. The van der Waals surface area contributed by atoms with E-state index in [0.717, 1.165) is 28.9 Å². The first kappa shape index (κ1) is 21.4. The highest BCUT2D eigenvalue weighted by atomic mass is 79.9. The number of nitrogens with one attached hydrogen (secondary N) is 2. The number of amides is 1. The van der Waals surface area contributed by atoms with Crippen LogP contribution in [0.3, 0.4) is 0 Å². The highest BCUT2D eigenvalue weighted by Gasteiger charge is 2.10. The lowest BCUT2D eigenvalue weighted by Gasteiger charge is -2.11. The van der Waals surface area contributed by atoms with Crippen LogP contribution in [-0.4, -0.2) is 17.6 Å². The van der Waals surface area contributed by atoms with Crippen molar-refractivity contribution in [1.82, 2.24) is 5.32 Å². The Morgan fingerprint density at radius 3 is 2.44 bits per heavy atom. The summed E-state index contributed by atoms with van der Waals surface area (Å²) in [4.78, 5) is 12.2. The number of benzene rings is 2. The Balaban J connectivity index is 1.76. The Labute approximate surface area is 174 Å². The van der Waals surface area contributed by atoms with Crippen LogP contribution in [0.15, 0.2) is 53.0 Å². The number of rotatable bonds is 9. The zero-order valence-electron chi connectivity index (χ0n) is 15.5. The quantitative estimate of drug-likeness (QED) is 0.368.